The minimum Gasteiger partial charge on any atom is -0.393 e. The lowest BCUT2D eigenvalue weighted by Crippen LogP contribution is -2.63. The number of allylic oxidation sites excluding steroid dienone is 1. The van der Waals surface area contributed by atoms with Crippen LogP contribution in [0.5, 0.6) is 0 Å². The average molecular weight is 725 g/mol. The van der Waals surface area contributed by atoms with Crippen LogP contribution in [0.3, 0.4) is 0 Å². The molecule has 4 heterocycles. The van der Waals surface area contributed by atoms with Crippen LogP contribution in [0.2, 0.25) is 0 Å². The molecule has 7 fully saturated rings. The summed E-state index contributed by atoms with van der Waals surface area (Å²) in [4.78, 5) is 0. The van der Waals surface area contributed by atoms with Crippen molar-refractivity contribution in [3.05, 3.63) is 11.6 Å². The van der Waals surface area contributed by atoms with E-state index in [0.29, 0.717) is 43.6 Å². The Morgan fingerprint density at radius 3 is 2.33 bits per heavy atom. The number of aliphatic hydroxyl groups excluding tert-OH is 7. The van der Waals surface area contributed by atoms with Crippen LogP contribution in [-0.4, -0.2) is 134 Å². The molecule has 0 aromatic heterocycles. The Kier molecular flexibility index (Phi) is 9.60. The molecule has 7 N–H and O–H groups in total. The van der Waals surface area contributed by atoms with E-state index in [1.165, 1.54) is 12.5 Å². The van der Waals surface area contributed by atoms with E-state index < -0.39 is 84.8 Å². The fraction of sp³-hybridized carbons (Fsp3) is 0.947. The molecular weight excluding hydrogens is 664 g/mol. The third-order valence-electron chi connectivity index (χ3n) is 15.4. The van der Waals surface area contributed by atoms with E-state index >= 15 is 0 Å². The Labute approximate surface area is 300 Å². The Balaban J connectivity index is 1.04. The first-order chi connectivity index (χ1) is 24.1. The van der Waals surface area contributed by atoms with Crippen LogP contribution in [0.1, 0.15) is 79.6 Å². The third kappa shape index (κ3) is 5.66. The van der Waals surface area contributed by atoms with Crippen molar-refractivity contribution in [2.24, 2.45) is 46.3 Å². The van der Waals surface area contributed by atoms with Crippen molar-refractivity contribution < 1.29 is 64.2 Å². The smallest absolute Gasteiger partial charge is 0.187 e. The largest absolute Gasteiger partial charge is 0.393 e. The summed E-state index contributed by atoms with van der Waals surface area (Å²) in [5, 5.41) is 75.0. The lowest BCUT2D eigenvalue weighted by Gasteiger charge is -2.60. The summed E-state index contributed by atoms with van der Waals surface area (Å²) in [5.74, 6) is 0.859. The highest BCUT2D eigenvalue weighted by molar-refractivity contribution is 5.29. The molecule has 13 nitrogen and oxygen atoms in total. The van der Waals surface area contributed by atoms with Gasteiger partial charge < -0.3 is 64.2 Å². The van der Waals surface area contributed by atoms with Gasteiger partial charge in [0.1, 0.15) is 36.6 Å². The molecule has 0 aromatic rings. The molecule has 8 aliphatic rings. The molecule has 4 aliphatic heterocycles. The molecule has 0 amide bonds. The molecule has 0 radical (unpaired) electrons. The van der Waals surface area contributed by atoms with Gasteiger partial charge in [-0.05, 0) is 68.1 Å². The van der Waals surface area contributed by atoms with Gasteiger partial charge in [0.15, 0.2) is 18.4 Å². The van der Waals surface area contributed by atoms with Gasteiger partial charge in [-0.2, -0.15) is 0 Å². The molecule has 4 saturated heterocycles. The number of rotatable bonds is 4. The monoisotopic (exact) mass is 724 g/mol. The van der Waals surface area contributed by atoms with E-state index in [1.807, 2.05) is 6.92 Å². The SMILES string of the molecule is C[C@@H]1O[C@@H](O[C@@H]2[C@@H](O[C@@H]3C[C@H](O)CC4=CC[C@H]5[C@@H]6C[C@@H]7O[C@]8(C[C@H](O)[C@@H](C)CO8)[C@@H](C)[C@@H]7[C@@]6(C)CC[C@@H]5[C@]43C)OC[C@@H](O)[C@H]2O)[C@H](O)[C@H](O)[C@H]1O. The molecule has 22 atom stereocenters. The van der Waals surface area contributed by atoms with E-state index in [9.17, 15) is 35.7 Å². The van der Waals surface area contributed by atoms with Crippen molar-refractivity contribution >= 4 is 0 Å². The highest BCUT2D eigenvalue weighted by Gasteiger charge is 2.70. The predicted molar refractivity (Wildman–Crippen MR) is 178 cm³/mol. The van der Waals surface area contributed by atoms with E-state index in [4.69, 9.17) is 28.4 Å². The van der Waals surface area contributed by atoms with Crippen molar-refractivity contribution in [3.63, 3.8) is 0 Å². The molecule has 1 spiro atoms. The lowest BCUT2D eigenvalue weighted by atomic mass is 9.46. The molecule has 290 valence electrons. The van der Waals surface area contributed by atoms with Crippen molar-refractivity contribution in [2.75, 3.05) is 13.2 Å². The van der Waals surface area contributed by atoms with E-state index in [0.717, 1.165) is 25.7 Å². The fourth-order valence-corrected chi connectivity index (χ4v) is 12.4. The number of hydrogen-bond donors (Lipinski definition) is 7. The van der Waals surface area contributed by atoms with E-state index in [-0.39, 0.29) is 35.9 Å². The first kappa shape index (κ1) is 37.2. The van der Waals surface area contributed by atoms with Gasteiger partial charge >= 0.3 is 0 Å². The highest BCUT2D eigenvalue weighted by Crippen LogP contribution is 2.71. The van der Waals surface area contributed by atoms with E-state index in [2.05, 4.69) is 26.8 Å². The second-order valence-corrected chi connectivity index (χ2v) is 18.0. The molecule has 4 aliphatic carbocycles. The summed E-state index contributed by atoms with van der Waals surface area (Å²) in [6, 6.07) is 0. The zero-order valence-corrected chi connectivity index (χ0v) is 30.5. The molecule has 0 aromatic carbocycles. The summed E-state index contributed by atoms with van der Waals surface area (Å²) in [7, 11) is 0. The Bertz CT molecular complexity index is 1330. The van der Waals surface area contributed by atoms with Gasteiger partial charge in [0.05, 0.1) is 43.7 Å². The van der Waals surface area contributed by atoms with Crippen LogP contribution >= 0.6 is 0 Å². The number of aliphatic hydroxyl groups is 7. The zero-order chi connectivity index (χ0) is 36.4. The number of ether oxygens (including phenoxy) is 6. The van der Waals surface area contributed by atoms with Gasteiger partial charge in [-0.3, -0.25) is 0 Å². The standard InChI is InChI=1S/C38H60O13/c1-16-14-47-38(13-24(16)40)17(2)28-26(51-38)12-23-21-7-6-19-10-20(39)11-27(37(19,5)22(21)8-9-36(23,28)4)49-35-33(30(43)25(41)15-46-35)50-34-32(45)31(44)29(42)18(3)48-34/h6,16-18,20-35,39-45H,7-15H2,1-5H3/t16-,17-,18-,20+,21+,22-,23-,24-,25+,26-,27+,28-,29-,30+,31+,32+,33-,34-,35+,36-,37-,38+/m0/s1. The van der Waals surface area contributed by atoms with Gasteiger partial charge in [0.2, 0.25) is 0 Å². The molecule has 51 heavy (non-hydrogen) atoms. The van der Waals surface area contributed by atoms with Crippen LogP contribution in [0.25, 0.3) is 0 Å². The second kappa shape index (κ2) is 13.2. The minimum atomic E-state index is -1.62. The average Bonchev–Trinajstić information content (AvgIpc) is 3.53. The Hall–Kier alpha value is -0.780. The Morgan fingerprint density at radius 1 is 0.824 bits per heavy atom. The van der Waals surface area contributed by atoms with Gasteiger partial charge in [-0.1, -0.05) is 39.3 Å². The fourth-order valence-electron chi connectivity index (χ4n) is 12.4. The highest BCUT2D eigenvalue weighted by atomic mass is 16.8. The van der Waals surface area contributed by atoms with Crippen LogP contribution in [0.15, 0.2) is 11.6 Å². The quantitative estimate of drug-likeness (QED) is 0.203. The molecule has 8 rings (SSSR count). The summed E-state index contributed by atoms with van der Waals surface area (Å²) in [6.45, 7) is 10.8. The van der Waals surface area contributed by atoms with Gasteiger partial charge in [-0.15, -0.1) is 0 Å². The zero-order valence-electron chi connectivity index (χ0n) is 30.5. The normalized spacial score (nSPS) is 59.8. The lowest BCUT2D eigenvalue weighted by molar-refractivity contribution is -0.362. The second-order valence-electron chi connectivity index (χ2n) is 18.0. The van der Waals surface area contributed by atoms with E-state index in [1.54, 1.807) is 0 Å². The summed E-state index contributed by atoms with van der Waals surface area (Å²) < 4.78 is 37.8. The first-order valence-electron chi connectivity index (χ1n) is 19.4. The molecule has 3 saturated carbocycles. The molecule has 0 bridgehead atoms. The van der Waals surface area contributed by atoms with Crippen LogP contribution in [-0.2, 0) is 28.4 Å². The molecular formula is C38H60O13. The van der Waals surface area contributed by atoms with Crippen LogP contribution in [0.4, 0.5) is 0 Å². The summed E-state index contributed by atoms with van der Waals surface area (Å²) in [5.41, 5.74) is 0.759. The van der Waals surface area contributed by atoms with Crippen molar-refractivity contribution in [1.82, 2.24) is 0 Å². The van der Waals surface area contributed by atoms with Gasteiger partial charge in [0.25, 0.3) is 0 Å². The van der Waals surface area contributed by atoms with Crippen molar-refractivity contribution in [2.45, 2.75) is 165 Å². The minimum absolute atomic E-state index is 0.0418. The summed E-state index contributed by atoms with van der Waals surface area (Å²) >= 11 is 0. The van der Waals surface area contributed by atoms with Gasteiger partial charge in [0, 0.05) is 30.1 Å². The topological polar surface area (TPSA) is 197 Å². The number of hydrogen-bond acceptors (Lipinski definition) is 13. The maximum atomic E-state index is 11.1. The number of fused-ring (bicyclic) bond motifs is 7. The third-order valence-corrected chi connectivity index (χ3v) is 15.4. The Morgan fingerprint density at radius 2 is 1.59 bits per heavy atom. The van der Waals surface area contributed by atoms with Crippen LogP contribution < -0.4 is 0 Å². The first-order valence-corrected chi connectivity index (χ1v) is 19.4. The molecule has 0 unspecified atom stereocenters. The molecule has 13 heteroatoms. The van der Waals surface area contributed by atoms with Gasteiger partial charge in [-0.25, -0.2) is 0 Å². The predicted octanol–water partition coefficient (Wildman–Crippen LogP) is 0.971. The van der Waals surface area contributed by atoms with Crippen molar-refractivity contribution in [1.29, 1.82) is 0 Å². The maximum absolute atomic E-state index is 11.1. The maximum Gasteiger partial charge on any atom is 0.187 e. The van der Waals surface area contributed by atoms with Crippen LogP contribution in [0, 0.1) is 46.3 Å². The summed E-state index contributed by atoms with van der Waals surface area (Å²) in [6.07, 6.45) is -5.94. The van der Waals surface area contributed by atoms with Crippen molar-refractivity contribution in [3.8, 4) is 0 Å².